The molecule has 1 heterocycles. The minimum atomic E-state index is -0.00465. The summed E-state index contributed by atoms with van der Waals surface area (Å²) in [5.41, 5.74) is 6.58. The Morgan fingerprint density at radius 2 is 2.31 bits per heavy atom. The fourth-order valence-corrected chi connectivity index (χ4v) is 1.11. The maximum absolute atomic E-state index is 5.67. The molecule has 1 aromatic heterocycles. The molecule has 1 atom stereocenters. The van der Waals surface area contributed by atoms with Gasteiger partial charge in [-0.1, -0.05) is 0 Å². The number of ether oxygens (including phenoxy) is 1. The lowest BCUT2D eigenvalue weighted by atomic mass is 10.2. The van der Waals surface area contributed by atoms with Gasteiger partial charge in [-0.15, -0.1) is 0 Å². The van der Waals surface area contributed by atoms with Gasteiger partial charge in [-0.05, 0) is 31.9 Å². The first-order valence-corrected chi connectivity index (χ1v) is 4.64. The number of pyridine rings is 1. The molecule has 0 amide bonds. The third-order valence-electron chi connectivity index (χ3n) is 2.05. The zero-order valence-corrected chi connectivity index (χ0v) is 7.73. The van der Waals surface area contributed by atoms with Crippen molar-refractivity contribution in [3.63, 3.8) is 0 Å². The van der Waals surface area contributed by atoms with Crippen LogP contribution in [-0.2, 0) is 0 Å². The van der Waals surface area contributed by atoms with Gasteiger partial charge in [-0.3, -0.25) is 4.98 Å². The van der Waals surface area contributed by atoms with Gasteiger partial charge >= 0.3 is 0 Å². The summed E-state index contributed by atoms with van der Waals surface area (Å²) in [4.78, 5) is 4.21. The van der Waals surface area contributed by atoms with E-state index in [0.29, 0.717) is 6.10 Å². The average Bonchev–Trinajstić information content (AvgIpc) is 2.89. The highest BCUT2D eigenvalue weighted by Gasteiger charge is 2.23. The van der Waals surface area contributed by atoms with Crippen molar-refractivity contribution in [2.24, 2.45) is 5.73 Å². The largest absolute Gasteiger partial charge is 0.489 e. The van der Waals surface area contributed by atoms with E-state index in [0.717, 1.165) is 11.4 Å². The Balaban J connectivity index is 2.04. The van der Waals surface area contributed by atoms with Crippen LogP contribution >= 0.6 is 0 Å². The Morgan fingerprint density at radius 1 is 1.54 bits per heavy atom. The highest BCUT2D eigenvalue weighted by molar-refractivity contribution is 5.21. The molecular weight excluding hydrogens is 164 g/mol. The quantitative estimate of drug-likeness (QED) is 0.765. The minimum absolute atomic E-state index is 0.00465. The molecule has 1 aliphatic rings. The smallest absolute Gasteiger partial charge is 0.138 e. The molecule has 1 unspecified atom stereocenters. The van der Waals surface area contributed by atoms with Crippen molar-refractivity contribution in [2.45, 2.75) is 31.9 Å². The molecule has 13 heavy (non-hydrogen) atoms. The predicted octanol–water partition coefficient (Wildman–Crippen LogP) is 1.64. The summed E-state index contributed by atoms with van der Waals surface area (Å²) in [6, 6.07) is 3.85. The summed E-state index contributed by atoms with van der Waals surface area (Å²) in [5, 5.41) is 0. The van der Waals surface area contributed by atoms with Gasteiger partial charge < -0.3 is 10.5 Å². The van der Waals surface area contributed by atoms with Crippen molar-refractivity contribution in [1.82, 2.24) is 4.98 Å². The van der Waals surface area contributed by atoms with E-state index >= 15 is 0 Å². The fraction of sp³-hybridized carbons (Fsp3) is 0.500. The lowest BCUT2D eigenvalue weighted by Gasteiger charge is -2.06. The topological polar surface area (TPSA) is 48.1 Å². The maximum Gasteiger partial charge on any atom is 0.138 e. The third-order valence-corrected chi connectivity index (χ3v) is 2.05. The summed E-state index contributed by atoms with van der Waals surface area (Å²) in [6.45, 7) is 1.92. The number of hydrogen-bond donors (Lipinski definition) is 1. The fourth-order valence-electron chi connectivity index (χ4n) is 1.11. The lowest BCUT2D eigenvalue weighted by molar-refractivity contribution is 0.301. The molecule has 2 rings (SSSR count). The van der Waals surface area contributed by atoms with Gasteiger partial charge in [-0.2, -0.15) is 0 Å². The van der Waals surface area contributed by atoms with Crippen molar-refractivity contribution in [1.29, 1.82) is 0 Å². The minimum Gasteiger partial charge on any atom is -0.489 e. The van der Waals surface area contributed by atoms with Crippen molar-refractivity contribution in [3.8, 4) is 5.75 Å². The number of aromatic nitrogens is 1. The van der Waals surface area contributed by atoms with Gasteiger partial charge in [0.1, 0.15) is 5.75 Å². The van der Waals surface area contributed by atoms with E-state index in [1.807, 2.05) is 19.1 Å². The first-order chi connectivity index (χ1) is 6.25. The molecule has 1 aromatic rings. The van der Waals surface area contributed by atoms with Crippen LogP contribution in [0.1, 0.15) is 31.5 Å². The Bertz CT molecular complexity index is 277. The highest BCUT2D eigenvalue weighted by Crippen LogP contribution is 2.26. The van der Waals surface area contributed by atoms with E-state index in [1.54, 1.807) is 6.20 Å². The average molecular weight is 178 g/mol. The van der Waals surface area contributed by atoms with E-state index in [1.165, 1.54) is 12.8 Å². The Labute approximate surface area is 77.9 Å². The van der Waals surface area contributed by atoms with E-state index in [9.17, 15) is 0 Å². The highest BCUT2D eigenvalue weighted by atomic mass is 16.5. The molecule has 70 valence electrons. The van der Waals surface area contributed by atoms with Crippen LogP contribution in [0.4, 0.5) is 0 Å². The van der Waals surface area contributed by atoms with E-state index in [4.69, 9.17) is 10.5 Å². The summed E-state index contributed by atoms with van der Waals surface area (Å²) in [7, 11) is 0. The summed E-state index contributed by atoms with van der Waals surface area (Å²) >= 11 is 0. The summed E-state index contributed by atoms with van der Waals surface area (Å²) in [6.07, 6.45) is 4.53. The van der Waals surface area contributed by atoms with Gasteiger partial charge in [0, 0.05) is 6.04 Å². The van der Waals surface area contributed by atoms with Crippen LogP contribution in [0.2, 0.25) is 0 Å². The number of hydrogen-bond acceptors (Lipinski definition) is 3. The van der Waals surface area contributed by atoms with Crippen molar-refractivity contribution in [2.75, 3.05) is 0 Å². The van der Waals surface area contributed by atoms with Crippen molar-refractivity contribution < 1.29 is 4.74 Å². The molecule has 0 bridgehead atoms. The number of nitrogens with two attached hydrogens (primary N) is 1. The van der Waals surface area contributed by atoms with Crippen LogP contribution < -0.4 is 10.5 Å². The molecule has 0 aromatic carbocycles. The van der Waals surface area contributed by atoms with Gasteiger partial charge in [0.2, 0.25) is 0 Å². The van der Waals surface area contributed by atoms with E-state index < -0.39 is 0 Å². The van der Waals surface area contributed by atoms with Crippen LogP contribution in [0.15, 0.2) is 18.3 Å². The second-order valence-electron chi connectivity index (χ2n) is 3.52. The van der Waals surface area contributed by atoms with Crippen LogP contribution in [0.5, 0.6) is 5.75 Å². The molecule has 3 nitrogen and oxygen atoms in total. The van der Waals surface area contributed by atoms with E-state index in [2.05, 4.69) is 4.98 Å². The zero-order chi connectivity index (χ0) is 9.26. The van der Waals surface area contributed by atoms with Crippen LogP contribution in [0.3, 0.4) is 0 Å². The van der Waals surface area contributed by atoms with Crippen molar-refractivity contribution in [3.05, 3.63) is 24.0 Å². The second kappa shape index (κ2) is 3.34. The zero-order valence-electron chi connectivity index (χ0n) is 7.73. The normalized spacial score (nSPS) is 18.3. The summed E-state index contributed by atoms with van der Waals surface area (Å²) in [5.74, 6) is 0.854. The third kappa shape index (κ3) is 2.18. The molecule has 3 heteroatoms. The molecule has 2 N–H and O–H groups in total. The molecule has 1 fully saturated rings. The Morgan fingerprint density at radius 3 is 2.77 bits per heavy atom. The Kier molecular flexibility index (Phi) is 2.19. The first-order valence-electron chi connectivity index (χ1n) is 4.64. The standard InChI is InChI=1S/C10H14N2O/c1-7(11)10-5-4-9(6-12-10)13-8-2-3-8/h4-8H,2-3,11H2,1H3. The van der Waals surface area contributed by atoms with Crippen LogP contribution in [0.25, 0.3) is 0 Å². The Hall–Kier alpha value is -1.09. The summed E-state index contributed by atoms with van der Waals surface area (Å²) < 4.78 is 5.56. The van der Waals surface area contributed by atoms with Crippen LogP contribution in [0, 0.1) is 0 Å². The molecule has 0 radical (unpaired) electrons. The van der Waals surface area contributed by atoms with E-state index in [-0.39, 0.29) is 6.04 Å². The predicted molar refractivity (Wildman–Crippen MR) is 50.5 cm³/mol. The molecule has 1 aliphatic carbocycles. The van der Waals surface area contributed by atoms with Gasteiger partial charge in [0.05, 0.1) is 18.0 Å². The molecule has 1 saturated carbocycles. The van der Waals surface area contributed by atoms with Crippen molar-refractivity contribution >= 4 is 0 Å². The number of rotatable bonds is 3. The van der Waals surface area contributed by atoms with Gasteiger partial charge in [0.25, 0.3) is 0 Å². The number of nitrogens with zero attached hydrogens (tertiary/aromatic N) is 1. The monoisotopic (exact) mass is 178 g/mol. The second-order valence-corrected chi connectivity index (χ2v) is 3.52. The molecule has 0 aliphatic heterocycles. The first kappa shape index (κ1) is 8.51. The van der Waals surface area contributed by atoms with Crippen LogP contribution in [-0.4, -0.2) is 11.1 Å². The lowest BCUT2D eigenvalue weighted by Crippen LogP contribution is -2.07. The molecule has 0 saturated heterocycles. The SMILES string of the molecule is CC(N)c1ccc(OC2CC2)cn1. The maximum atomic E-state index is 5.67. The van der Waals surface area contributed by atoms with Gasteiger partial charge in [-0.25, -0.2) is 0 Å². The molecule has 0 spiro atoms. The molecular formula is C10H14N2O. The van der Waals surface area contributed by atoms with Gasteiger partial charge in [0.15, 0.2) is 0 Å².